The van der Waals surface area contributed by atoms with Crippen molar-refractivity contribution in [3.05, 3.63) is 53.7 Å². The van der Waals surface area contributed by atoms with Crippen molar-refractivity contribution in [1.29, 1.82) is 0 Å². The lowest BCUT2D eigenvalue weighted by molar-refractivity contribution is 0.0792. The topological polar surface area (TPSA) is 54.5 Å². The van der Waals surface area contributed by atoms with Crippen molar-refractivity contribution in [2.24, 2.45) is 0 Å². The average molecular weight is 339 g/mol. The van der Waals surface area contributed by atoms with Gasteiger partial charge in [-0.3, -0.25) is 4.79 Å². The van der Waals surface area contributed by atoms with Gasteiger partial charge in [0.05, 0.1) is 6.61 Å². The molecule has 1 amide bonds. The van der Waals surface area contributed by atoms with Crippen molar-refractivity contribution >= 4 is 11.7 Å². The lowest BCUT2D eigenvalue weighted by atomic mass is 10.1. The lowest BCUT2D eigenvalue weighted by Gasteiger charge is -2.18. The van der Waals surface area contributed by atoms with Crippen LogP contribution in [-0.4, -0.2) is 35.5 Å². The summed E-state index contributed by atoms with van der Waals surface area (Å²) in [6.45, 7) is 6.42. The first-order valence-corrected chi connectivity index (χ1v) is 8.92. The number of carbonyl (C=O) groups excluding carboxylic acids is 1. The minimum atomic E-state index is 0.0836. The maximum Gasteiger partial charge on any atom is 0.254 e. The number of hydrogen-bond acceptors (Lipinski definition) is 4. The molecule has 0 saturated carbocycles. The number of hydrogen-bond donors (Lipinski definition) is 1. The number of nitrogens with zero attached hydrogens (tertiary/aromatic N) is 2. The number of nitrogens with one attached hydrogen (secondary N) is 1. The molecule has 132 valence electrons. The summed E-state index contributed by atoms with van der Waals surface area (Å²) in [5.41, 5.74) is 1.83. The Morgan fingerprint density at radius 3 is 2.64 bits per heavy atom. The van der Waals surface area contributed by atoms with Crippen LogP contribution in [0.2, 0.25) is 0 Å². The normalized spacial score (nSPS) is 15.0. The fraction of sp³-hybridized carbons (Fsp3) is 0.400. The Kier molecular flexibility index (Phi) is 5.53. The van der Waals surface area contributed by atoms with Crippen LogP contribution in [0.15, 0.2) is 42.6 Å². The van der Waals surface area contributed by atoms with Gasteiger partial charge in [-0.1, -0.05) is 12.1 Å². The average Bonchev–Trinajstić information content (AvgIpc) is 3.17. The van der Waals surface area contributed by atoms with E-state index < -0.39 is 0 Å². The van der Waals surface area contributed by atoms with E-state index in [1.165, 1.54) is 0 Å². The first kappa shape index (κ1) is 17.3. The van der Waals surface area contributed by atoms with Crippen LogP contribution in [0.4, 0.5) is 5.82 Å². The Bertz CT molecular complexity index is 709. The van der Waals surface area contributed by atoms with E-state index in [0.29, 0.717) is 18.0 Å². The van der Waals surface area contributed by atoms with Gasteiger partial charge in [0.15, 0.2) is 0 Å². The van der Waals surface area contributed by atoms with E-state index in [2.05, 4.69) is 17.2 Å². The predicted molar refractivity (Wildman–Crippen MR) is 99.0 cm³/mol. The summed E-state index contributed by atoms with van der Waals surface area (Å²) in [6, 6.07) is 11.7. The highest BCUT2D eigenvalue weighted by Crippen LogP contribution is 2.22. The number of ether oxygens (including phenoxy) is 1. The molecule has 0 spiro atoms. The zero-order valence-corrected chi connectivity index (χ0v) is 14.9. The Balaban J connectivity index is 1.67. The van der Waals surface area contributed by atoms with E-state index in [1.54, 1.807) is 12.3 Å². The number of likely N-dealkylation sites (tertiary alicyclic amines) is 1. The zero-order chi connectivity index (χ0) is 17.6. The molecule has 2 heterocycles. The summed E-state index contributed by atoms with van der Waals surface area (Å²) >= 11 is 0. The fourth-order valence-corrected chi connectivity index (χ4v) is 3.07. The van der Waals surface area contributed by atoms with Crippen LogP contribution in [0.3, 0.4) is 0 Å². The lowest BCUT2D eigenvalue weighted by Crippen LogP contribution is -2.27. The van der Waals surface area contributed by atoms with Crippen molar-refractivity contribution in [3.8, 4) is 5.75 Å². The summed E-state index contributed by atoms with van der Waals surface area (Å²) in [5.74, 6) is 1.68. The van der Waals surface area contributed by atoms with Crippen LogP contribution in [0.25, 0.3) is 0 Å². The number of anilines is 1. The maximum absolute atomic E-state index is 12.5. The van der Waals surface area contributed by atoms with E-state index in [1.807, 2.05) is 42.2 Å². The highest BCUT2D eigenvalue weighted by molar-refractivity contribution is 5.95. The number of aromatic nitrogens is 1. The number of amides is 1. The van der Waals surface area contributed by atoms with Crippen LogP contribution in [0.1, 0.15) is 48.7 Å². The van der Waals surface area contributed by atoms with Crippen LogP contribution in [0.5, 0.6) is 5.75 Å². The molecule has 1 aliphatic rings. The second-order valence-corrected chi connectivity index (χ2v) is 6.30. The smallest absolute Gasteiger partial charge is 0.254 e. The van der Waals surface area contributed by atoms with E-state index >= 15 is 0 Å². The van der Waals surface area contributed by atoms with Gasteiger partial charge >= 0.3 is 0 Å². The molecule has 1 saturated heterocycles. The first-order valence-electron chi connectivity index (χ1n) is 8.92. The summed E-state index contributed by atoms with van der Waals surface area (Å²) in [7, 11) is 0. The molecule has 1 aromatic heterocycles. The SMILES string of the molecule is CCOc1ccc(C(C)Nc2cc(C(=O)N3CCCC3)ccn2)cc1. The minimum absolute atomic E-state index is 0.0836. The van der Waals surface area contributed by atoms with Crippen molar-refractivity contribution in [1.82, 2.24) is 9.88 Å². The van der Waals surface area contributed by atoms with Gasteiger partial charge in [0.25, 0.3) is 5.91 Å². The second-order valence-electron chi connectivity index (χ2n) is 6.30. The third-order valence-corrected chi connectivity index (χ3v) is 4.46. The number of pyridine rings is 1. The molecular weight excluding hydrogens is 314 g/mol. The van der Waals surface area contributed by atoms with E-state index in [-0.39, 0.29) is 11.9 Å². The molecule has 5 heteroatoms. The molecule has 1 atom stereocenters. The molecule has 0 bridgehead atoms. The quantitative estimate of drug-likeness (QED) is 0.867. The standard InChI is InChI=1S/C20H25N3O2/c1-3-25-18-8-6-16(7-9-18)15(2)22-19-14-17(10-11-21-19)20(24)23-12-4-5-13-23/h6-11,14-15H,3-5,12-13H2,1-2H3,(H,21,22). The highest BCUT2D eigenvalue weighted by Gasteiger charge is 2.20. The predicted octanol–water partition coefficient (Wildman–Crippen LogP) is 3.89. The van der Waals surface area contributed by atoms with E-state index in [9.17, 15) is 4.79 Å². The van der Waals surface area contributed by atoms with Crippen molar-refractivity contribution in [2.45, 2.75) is 32.7 Å². The third kappa shape index (κ3) is 4.29. The van der Waals surface area contributed by atoms with Gasteiger partial charge in [0, 0.05) is 30.9 Å². The van der Waals surface area contributed by atoms with Crippen LogP contribution >= 0.6 is 0 Å². The molecule has 1 fully saturated rings. The molecule has 1 N–H and O–H groups in total. The molecular formula is C20H25N3O2. The number of benzene rings is 1. The van der Waals surface area contributed by atoms with Crippen LogP contribution in [0, 0.1) is 0 Å². The van der Waals surface area contributed by atoms with Crippen LogP contribution < -0.4 is 10.1 Å². The van der Waals surface area contributed by atoms with Crippen molar-refractivity contribution in [3.63, 3.8) is 0 Å². The molecule has 1 aromatic carbocycles. The molecule has 1 aliphatic heterocycles. The Morgan fingerprint density at radius 2 is 1.96 bits per heavy atom. The molecule has 5 nitrogen and oxygen atoms in total. The Labute approximate surface area is 149 Å². The van der Waals surface area contributed by atoms with E-state index in [4.69, 9.17) is 4.74 Å². The Hall–Kier alpha value is -2.56. The van der Waals surface area contributed by atoms with Gasteiger partial charge in [0.1, 0.15) is 11.6 Å². The molecule has 0 radical (unpaired) electrons. The molecule has 3 rings (SSSR count). The number of rotatable bonds is 6. The van der Waals surface area contributed by atoms with Gasteiger partial charge in [0.2, 0.25) is 0 Å². The molecule has 0 aliphatic carbocycles. The zero-order valence-electron chi connectivity index (χ0n) is 14.9. The van der Waals surface area contributed by atoms with Gasteiger partial charge in [-0.25, -0.2) is 4.98 Å². The van der Waals surface area contributed by atoms with Gasteiger partial charge in [-0.15, -0.1) is 0 Å². The van der Waals surface area contributed by atoms with Crippen molar-refractivity contribution < 1.29 is 9.53 Å². The van der Waals surface area contributed by atoms with Gasteiger partial charge < -0.3 is 15.0 Å². The Morgan fingerprint density at radius 1 is 1.24 bits per heavy atom. The third-order valence-electron chi connectivity index (χ3n) is 4.46. The minimum Gasteiger partial charge on any atom is -0.494 e. The molecule has 1 unspecified atom stereocenters. The van der Waals surface area contributed by atoms with E-state index in [0.717, 1.165) is 37.2 Å². The highest BCUT2D eigenvalue weighted by atomic mass is 16.5. The van der Waals surface area contributed by atoms with Crippen molar-refractivity contribution in [2.75, 3.05) is 25.0 Å². The monoisotopic (exact) mass is 339 g/mol. The van der Waals surface area contributed by atoms with Gasteiger partial charge in [-0.05, 0) is 56.5 Å². The summed E-state index contributed by atoms with van der Waals surface area (Å²) in [5, 5.41) is 3.37. The summed E-state index contributed by atoms with van der Waals surface area (Å²) < 4.78 is 5.47. The fourth-order valence-electron chi connectivity index (χ4n) is 3.07. The van der Waals surface area contributed by atoms with Gasteiger partial charge in [-0.2, -0.15) is 0 Å². The molecule has 2 aromatic rings. The summed E-state index contributed by atoms with van der Waals surface area (Å²) in [6.07, 6.45) is 3.88. The first-order chi connectivity index (χ1) is 12.2. The van der Waals surface area contributed by atoms with Crippen LogP contribution in [-0.2, 0) is 0 Å². The summed E-state index contributed by atoms with van der Waals surface area (Å²) in [4.78, 5) is 18.8. The molecule has 25 heavy (non-hydrogen) atoms. The maximum atomic E-state index is 12.5. The largest absolute Gasteiger partial charge is 0.494 e. The second kappa shape index (κ2) is 8.01. The number of carbonyl (C=O) groups is 1.